The second-order valence-corrected chi connectivity index (χ2v) is 12.5. The van der Waals surface area contributed by atoms with Crippen molar-refractivity contribution in [2.24, 2.45) is 11.3 Å². The molecule has 3 heterocycles. The molecule has 3 aromatic rings. The van der Waals surface area contributed by atoms with Crippen molar-refractivity contribution in [3.8, 4) is 0 Å². The van der Waals surface area contributed by atoms with Crippen LogP contribution in [0.3, 0.4) is 0 Å². The highest BCUT2D eigenvalue weighted by atomic mass is 32.2. The Kier molecular flexibility index (Phi) is 8.01. The lowest BCUT2D eigenvalue weighted by Gasteiger charge is -2.31. The molecule has 0 fully saturated rings. The molecule has 11 heteroatoms. The number of ether oxygens (including phenoxy) is 1. The maximum Gasteiger partial charge on any atom is 0.312 e. The van der Waals surface area contributed by atoms with Gasteiger partial charge in [0.25, 0.3) is 0 Å². The molecule has 1 N–H and O–H groups in total. The van der Waals surface area contributed by atoms with Gasteiger partial charge >= 0.3 is 5.97 Å². The molecule has 0 saturated carbocycles. The summed E-state index contributed by atoms with van der Waals surface area (Å²) in [6.45, 7) is 10.4. The topological polar surface area (TPSA) is 128 Å². The molecule has 38 heavy (non-hydrogen) atoms. The number of aromatic nitrogens is 4. The first-order chi connectivity index (χ1) is 17.9. The first-order valence-electron chi connectivity index (χ1n) is 12.7. The van der Waals surface area contributed by atoms with Crippen molar-refractivity contribution in [1.29, 1.82) is 0 Å². The molecule has 0 unspecified atom stereocenters. The van der Waals surface area contributed by atoms with Gasteiger partial charge in [-0.2, -0.15) is 4.31 Å². The van der Waals surface area contributed by atoms with E-state index in [1.165, 1.54) is 10.5 Å². The van der Waals surface area contributed by atoms with Gasteiger partial charge in [-0.05, 0) is 68.4 Å². The fraction of sp³-hybridized carbons (Fsp3) is 0.481. The second-order valence-electron chi connectivity index (χ2n) is 10.6. The molecule has 1 aromatic carbocycles. The first-order valence-corrected chi connectivity index (χ1v) is 14.1. The van der Waals surface area contributed by atoms with Crippen molar-refractivity contribution in [2.75, 3.05) is 6.54 Å². The summed E-state index contributed by atoms with van der Waals surface area (Å²) in [5, 5.41) is 18.1. The van der Waals surface area contributed by atoms with Gasteiger partial charge in [0.1, 0.15) is 10.6 Å². The predicted molar refractivity (Wildman–Crippen MR) is 141 cm³/mol. The minimum atomic E-state index is -3.76. The molecule has 10 nitrogen and oxygen atoms in total. The van der Waals surface area contributed by atoms with Crippen LogP contribution in [-0.4, -0.2) is 50.3 Å². The number of hydrogen-bond acceptors (Lipinski definition) is 7. The molecular weight excluding hydrogens is 506 g/mol. The largest absolute Gasteiger partial charge is 0.481 e. The van der Waals surface area contributed by atoms with E-state index in [1.807, 2.05) is 39.0 Å². The van der Waals surface area contributed by atoms with Gasteiger partial charge in [-0.1, -0.05) is 30.3 Å². The third-order valence-electron chi connectivity index (χ3n) is 7.11. The Labute approximate surface area is 223 Å². The highest BCUT2D eigenvalue weighted by Crippen LogP contribution is 2.39. The van der Waals surface area contributed by atoms with Crippen LogP contribution in [-0.2, 0) is 45.7 Å². The van der Waals surface area contributed by atoms with Crippen LogP contribution in [0, 0.1) is 18.3 Å². The van der Waals surface area contributed by atoms with Crippen LogP contribution in [0.5, 0.6) is 0 Å². The van der Waals surface area contributed by atoms with Gasteiger partial charge in [0.05, 0.1) is 24.3 Å². The molecule has 0 saturated heterocycles. The molecule has 1 aliphatic rings. The van der Waals surface area contributed by atoms with E-state index in [4.69, 9.17) is 4.74 Å². The number of sulfonamides is 1. The van der Waals surface area contributed by atoms with E-state index in [0.717, 1.165) is 16.7 Å². The van der Waals surface area contributed by atoms with E-state index < -0.39 is 27.5 Å². The van der Waals surface area contributed by atoms with Crippen LogP contribution in [0.15, 0.2) is 47.8 Å². The summed E-state index contributed by atoms with van der Waals surface area (Å²) in [5.41, 5.74) is 2.46. The fourth-order valence-corrected chi connectivity index (χ4v) is 6.47. The first kappa shape index (κ1) is 27.9. The maximum atomic E-state index is 13.6. The summed E-state index contributed by atoms with van der Waals surface area (Å²) >= 11 is 0. The van der Waals surface area contributed by atoms with Crippen molar-refractivity contribution >= 4 is 16.0 Å². The van der Waals surface area contributed by atoms with Gasteiger partial charge < -0.3 is 9.84 Å². The van der Waals surface area contributed by atoms with Crippen LogP contribution in [0.4, 0.5) is 0 Å². The van der Waals surface area contributed by atoms with Crippen molar-refractivity contribution in [1.82, 2.24) is 24.3 Å². The van der Waals surface area contributed by atoms with E-state index in [-0.39, 0.29) is 24.0 Å². The van der Waals surface area contributed by atoms with Crippen LogP contribution < -0.4 is 0 Å². The van der Waals surface area contributed by atoms with Gasteiger partial charge in [-0.25, -0.2) is 8.42 Å². The zero-order chi connectivity index (χ0) is 27.7. The number of hydrogen-bond donors (Lipinski definition) is 1. The number of aliphatic carboxylic acids is 1. The minimum Gasteiger partial charge on any atom is -0.481 e. The molecule has 2 atom stereocenters. The van der Waals surface area contributed by atoms with Gasteiger partial charge in [0.2, 0.25) is 10.0 Å². The number of aryl methyl sites for hydroxylation is 2. The lowest BCUT2D eigenvalue weighted by Crippen LogP contribution is -2.34. The van der Waals surface area contributed by atoms with Gasteiger partial charge in [-0.15, -0.1) is 5.10 Å². The Morgan fingerprint density at radius 1 is 1.29 bits per heavy atom. The third-order valence-corrected chi connectivity index (χ3v) is 8.99. The summed E-state index contributed by atoms with van der Waals surface area (Å²) in [6, 6.07) is 7.36. The summed E-state index contributed by atoms with van der Waals surface area (Å²) in [6.07, 6.45) is 4.65. The van der Waals surface area contributed by atoms with Gasteiger partial charge in [0.15, 0.2) is 0 Å². The number of carboxylic acids is 1. The van der Waals surface area contributed by atoms with Crippen molar-refractivity contribution < 1.29 is 23.1 Å². The second kappa shape index (κ2) is 10.9. The molecule has 4 rings (SSSR count). The normalized spacial score (nSPS) is 18.5. The molecule has 1 aliphatic heterocycles. The molecule has 2 aromatic heterocycles. The van der Waals surface area contributed by atoms with Crippen LogP contribution in [0.25, 0.3) is 0 Å². The van der Waals surface area contributed by atoms with E-state index in [2.05, 4.69) is 15.3 Å². The van der Waals surface area contributed by atoms with Crippen LogP contribution in [0.2, 0.25) is 0 Å². The smallest absolute Gasteiger partial charge is 0.312 e. The summed E-state index contributed by atoms with van der Waals surface area (Å²) < 4.78 is 36.6. The lowest BCUT2D eigenvalue weighted by atomic mass is 9.81. The van der Waals surface area contributed by atoms with Gasteiger partial charge in [-0.3, -0.25) is 14.5 Å². The predicted octanol–water partition coefficient (Wildman–Crippen LogP) is 3.75. The van der Waals surface area contributed by atoms with Crippen LogP contribution in [0.1, 0.15) is 61.7 Å². The Bertz CT molecular complexity index is 1420. The SMILES string of the molecule is CCn1cc(CO[C@@H](c2ccc(C)c(CN3C[C@H](C)Cc4ccncc4S3(=O)=O)c2)C(C)(C)C(=O)O)nn1. The standard InChI is InChI=1S/C27H35N5O5S/c1-6-31-16-23(29-30-31)17-37-25(27(4,5)26(33)34)21-8-7-19(3)22(12-21)15-32-14-18(2)11-20-9-10-28-13-24(20)38(32,35)36/h7-10,12-13,16,18,25H,6,11,14-15,17H2,1-5H3,(H,33,34)/t18-,25+/m1/s1. The number of carboxylic acid groups (broad SMARTS) is 1. The molecule has 0 bridgehead atoms. The number of nitrogens with zero attached hydrogens (tertiary/aromatic N) is 5. The summed E-state index contributed by atoms with van der Waals surface area (Å²) in [4.78, 5) is 16.5. The van der Waals surface area contributed by atoms with Gasteiger partial charge in [0, 0.05) is 32.0 Å². The fourth-order valence-electron chi connectivity index (χ4n) is 4.76. The summed E-state index contributed by atoms with van der Waals surface area (Å²) in [5.74, 6) is -0.884. The molecule has 0 spiro atoms. The molecular formula is C27H35N5O5S. The molecule has 204 valence electrons. The Morgan fingerprint density at radius 2 is 2.05 bits per heavy atom. The quantitative estimate of drug-likeness (QED) is 0.434. The van der Waals surface area contributed by atoms with E-state index in [1.54, 1.807) is 37.0 Å². The zero-order valence-corrected chi connectivity index (χ0v) is 23.3. The average molecular weight is 542 g/mol. The van der Waals surface area contributed by atoms with E-state index >= 15 is 0 Å². The van der Waals surface area contributed by atoms with Crippen molar-refractivity contribution in [3.05, 3.63) is 70.8 Å². The maximum absolute atomic E-state index is 13.6. The lowest BCUT2D eigenvalue weighted by molar-refractivity contribution is -0.158. The monoisotopic (exact) mass is 541 g/mol. The highest BCUT2D eigenvalue weighted by molar-refractivity contribution is 7.89. The number of fused-ring (bicyclic) bond motifs is 1. The van der Waals surface area contributed by atoms with Crippen molar-refractivity contribution in [2.45, 2.75) is 71.7 Å². The number of pyridine rings is 1. The van der Waals surface area contributed by atoms with E-state index in [9.17, 15) is 18.3 Å². The summed E-state index contributed by atoms with van der Waals surface area (Å²) in [7, 11) is -3.76. The minimum absolute atomic E-state index is 0.0897. The number of rotatable bonds is 9. The highest BCUT2D eigenvalue weighted by Gasteiger charge is 2.40. The van der Waals surface area contributed by atoms with E-state index in [0.29, 0.717) is 30.8 Å². The molecule has 0 amide bonds. The Balaban J connectivity index is 1.67. The Hall–Kier alpha value is -3.15. The molecule has 0 radical (unpaired) electrons. The molecule has 0 aliphatic carbocycles. The third kappa shape index (κ3) is 5.64. The Morgan fingerprint density at radius 3 is 2.74 bits per heavy atom. The van der Waals surface area contributed by atoms with Crippen LogP contribution >= 0.6 is 0 Å². The average Bonchev–Trinajstić information content (AvgIpc) is 3.30. The number of benzene rings is 1. The number of carbonyl (C=O) groups is 1. The zero-order valence-electron chi connectivity index (χ0n) is 22.5. The van der Waals surface area contributed by atoms with Crippen molar-refractivity contribution in [3.63, 3.8) is 0 Å².